The number of rotatable bonds is 3. The smallest absolute Gasteiger partial charge is 0.323 e. The third kappa shape index (κ3) is 3.15. The lowest BCUT2D eigenvalue weighted by Gasteiger charge is -2.22. The molecule has 0 bridgehead atoms. The zero-order valence-corrected chi connectivity index (χ0v) is 13.7. The molecule has 1 aromatic rings. The van der Waals surface area contributed by atoms with Crippen molar-refractivity contribution in [1.29, 1.82) is 0 Å². The molecule has 3 heterocycles. The van der Waals surface area contributed by atoms with E-state index in [1.54, 1.807) is 4.90 Å². The molecule has 2 aliphatic rings. The van der Waals surface area contributed by atoms with E-state index in [0.717, 1.165) is 42.5 Å². The van der Waals surface area contributed by atoms with Crippen molar-refractivity contribution in [2.24, 2.45) is 4.99 Å². The Balaban J connectivity index is 2.17. The molecule has 7 heteroatoms. The largest absolute Gasteiger partial charge is 0.480 e. The van der Waals surface area contributed by atoms with Gasteiger partial charge in [0, 0.05) is 18.3 Å². The molecule has 0 saturated carbocycles. The van der Waals surface area contributed by atoms with Gasteiger partial charge in [0.15, 0.2) is 0 Å². The number of carboxylic acid groups (broad SMARTS) is 1. The maximum atomic E-state index is 11.2. The molecule has 3 rings (SSSR count). The number of anilines is 2. The average molecular weight is 327 g/mol. The number of nitrogens with zero attached hydrogens (tertiary/aromatic N) is 4. The molecule has 2 aliphatic heterocycles. The SMILES string of the molecule is CC1=C(C2=CCCCC=N2)c2c(N)ncnc2N(CC(=O)O)CC1. The van der Waals surface area contributed by atoms with Gasteiger partial charge in [0.1, 0.15) is 24.5 Å². The normalized spacial score (nSPS) is 17.9. The molecule has 126 valence electrons. The highest BCUT2D eigenvalue weighted by Gasteiger charge is 2.27. The van der Waals surface area contributed by atoms with Gasteiger partial charge in [-0.25, -0.2) is 9.97 Å². The molecule has 7 nitrogen and oxygen atoms in total. The van der Waals surface area contributed by atoms with Crippen LogP contribution >= 0.6 is 0 Å². The highest BCUT2D eigenvalue weighted by molar-refractivity contribution is 5.93. The van der Waals surface area contributed by atoms with E-state index in [0.29, 0.717) is 23.7 Å². The standard InChI is InChI=1S/C17H21N5O2/c1-11-6-8-22(9-13(23)24)17-15(16(18)20-10-21-17)14(11)12-5-3-2-4-7-19-12/h5,7,10H,2-4,6,8-9H2,1H3,(H,23,24)(H2,18,20,21). The summed E-state index contributed by atoms with van der Waals surface area (Å²) in [5.74, 6) is 0.0232. The quantitative estimate of drug-likeness (QED) is 0.882. The van der Waals surface area contributed by atoms with Gasteiger partial charge in [-0.15, -0.1) is 0 Å². The van der Waals surface area contributed by atoms with E-state index in [1.807, 2.05) is 13.1 Å². The van der Waals surface area contributed by atoms with Gasteiger partial charge in [-0.1, -0.05) is 11.6 Å². The molecule has 3 N–H and O–H groups in total. The first-order valence-corrected chi connectivity index (χ1v) is 8.08. The molecule has 0 aromatic carbocycles. The number of fused-ring (bicyclic) bond motifs is 1. The molecule has 0 spiro atoms. The van der Waals surface area contributed by atoms with E-state index in [1.165, 1.54) is 6.33 Å². The van der Waals surface area contributed by atoms with Crippen LogP contribution in [0, 0.1) is 0 Å². The Hall–Kier alpha value is -2.70. The van der Waals surface area contributed by atoms with E-state index >= 15 is 0 Å². The number of hydrogen-bond acceptors (Lipinski definition) is 6. The summed E-state index contributed by atoms with van der Waals surface area (Å²) in [5, 5.41) is 9.21. The average Bonchev–Trinajstić information content (AvgIpc) is 2.87. The van der Waals surface area contributed by atoms with Gasteiger partial charge in [0.25, 0.3) is 0 Å². The molecule has 24 heavy (non-hydrogen) atoms. The van der Waals surface area contributed by atoms with Gasteiger partial charge >= 0.3 is 5.97 Å². The Kier molecular flexibility index (Phi) is 4.59. The van der Waals surface area contributed by atoms with Crippen molar-refractivity contribution in [3.8, 4) is 0 Å². The number of allylic oxidation sites excluding steroid dienone is 2. The zero-order chi connectivity index (χ0) is 17.1. The first-order chi connectivity index (χ1) is 11.6. The summed E-state index contributed by atoms with van der Waals surface area (Å²) < 4.78 is 0. The molecular formula is C17H21N5O2. The number of hydrogen-bond donors (Lipinski definition) is 2. The van der Waals surface area contributed by atoms with Crippen LogP contribution in [0.25, 0.3) is 5.57 Å². The first kappa shape index (κ1) is 16.2. The van der Waals surface area contributed by atoms with E-state index in [9.17, 15) is 9.90 Å². The highest BCUT2D eigenvalue weighted by atomic mass is 16.4. The molecule has 0 aliphatic carbocycles. The van der Waals surface area contributed by atoms with Crippen molar-refractivity contribution in [2.75, 3.05) is 23.7 Å². The molecule has 0 fully saturated rings. The molecule has 0 radical (unpaired) electrons. The number of aromatic nitrogens is 2. The minimum atomic E-state index is -0.897. The molecule has 0 amide bonds. The van der Waals surface area contributed by atoms with Crippen LogP contribution in [0.1, 0.15) is 38.2 Å². The topological polar surface area (TPSA) is 105 Å². The molecule has 0 atom stereocenters. The molecule has 0 saturated heterocycles. The van der Waals surface area contributed by atoms with Gasteiger partial charge in [0.05, 0.1) is 11.3 Å². The van der Waals surface area contributed by atoms with Crippen LogP contribution in [0.15, 0.2) is 28.7 Å². The zero-order valence-electron chi connectivity index (χ0n) is 13.7. The van der Waals surface area contributed by atoms with Crippen molar-refractivity contribution in [1.82, 2.24) is 9.97 Å². The van der Waals surface area contributed by atoms with Crippen LogP contribution in [0.4, 0.5) is 11.6 Å². The second-order valence-corrected chi connectivity index (χ2v) is 6.01. The predicted octanol–water partition coefficient (Wildman–Crippen LogP) is 2.27. The lowest BCUT2D eigenvalue weighted by atomic mass is 9.97. The first-order valence-electron chi connectivity index (χ1n) is 8.08. The van der Waals surface area contributed by atoms with Crippen molar-refractivity contribution < 1.29 is 9.90 Å². The van der Waals surface area contributed by atoms with Crippen molar-refractivity contribution in [3.63, 3.8) is 0 Å². The van der Waals surface area contributed by atoms with Crippen molar-refractivity contribution in [2.45, 2.75) is 32.6 Å². The Labute approximate surface area is 140 Å². The van der Waals surface area contributed by atoms with Crippen molar-refractivity contribution >= 4 is 29.4 Å². The summed E-state index contributed by atoms with van der Waals surface area (Å²) in [5.41, 5.74) is 9.80. The third-order valence-electron chi connectivity index (χ3n) is 4.28. The van der Waals surface area contributed by atoms with Gasteiger partial charge in [0.2, 0.25) is 0 Å². The molecule has 0 unspecified atom stereocenters. The number of nitrogen functional groups attached to an aromatic ring is 1. The minimum absolute atomic E-state index is 0.119. The van der Waals surface area contributed by atoms with Crippen LogP contribution in [-0.2, 0) is 4.79 Å². The van der Waals surface area contributed by atoms with Gasteiger partial charge < -0.3 is 15.7 Å². The summed E-state index contributed by atoms with van der Waals surface area (Å²) in [6.07, 6.45) is 9.12. The summed E-state index contributed by atoms with van der Waals surface area (Å²) in [4.78, 5) is 26.0. The summed E-state index contributed by atoms with van der Waals surface area (Å²) in [6.45, 7) is 2.49. The summed E-state index contributed by atoms with van der Waals surface area (Å²) in [7, 11) is 0. The maximum Gasteiger partial charge on any atom is 0.323 e. The van der Waals surface area contributed by atoms with Gasteiger partial charge in [-0.3, -0.25) is 9.79 Å². The number of carbonyl (C=O) groups is 1. The number of carboxylic acids is 1. The summed E-state index contributed by atoms with van der Waals surface area (Å²) >= 11 is 0. The van der Waals surface area contributed by atoms with E-state index < -0.39 is 5.97 Å². The Morgan fingerprint density at radius 3 is 3.00 bits per heavy atom. The Morgan fingerprint density at radius 1 is 1.38 bits per heavy atom. The van der Waals surface area contributed by atoms with E-state index in [2.05, 4.69) is 21.0 Å². The fraction of sp³-hybridized carbons (Fsp3) is 0.412. The van der Waals surface area contributed by atoms with Crippen molar-refractivity contribution in [3.05, 3.63) is 29.2 Å². The van der Waals surface area contributed by atoms with Crippen LogP contribution in [0.5, 0.6) is 0 Å². The molecule has 1 aromatic heterocycles. The Morgan fingerprint density at radius 2 is 2.21 bits per heavy atom. The van der Waals surface area contributed by atoms with Crippen LogP contribution in [0.2, 0.25) is 0 Å². The number of aliphatic carboxylic acids is 1. The second kappa shape index (κ2) is 6.82. The third-order valence-corrected chi connectivity index (χ3v) is 4.28. The maximum absolute atomic E-state index is 11.2. The summed E-state index contributed by atoms with van der Waals surface area (Å²) in [6, 6.07) is 0. The van der Waals surface area contributed by atoms with Crippen LogP contribution in [0.3, 0.4) is 0 Å². The highest BCUT2D eigenvalue weighted by Crippen LogP contribution is 2.40. The number of aliphatic imine (C=N–C) groups is 1. The van der Waals surface area contributed by atoms with E-state index in [-0.39, 0.29) is 6.54 Å². The monoisotopic (exact) mass is 327 g/mol. The van der Waals surface area contributed by atoms with E-state index in [4.69, 9.17) is 5.73 Å². The van der Waals surface area contributed by atoms with Gasteiger partial charge in [-0.05, 0) is 32.6 Å². The lowest BCUT2D eigenvalue weighted by molar-refractivity contribution is -0.135. The fourth-order valence-corrected chi connectivity index (χ4v) is 3.11. The predicted molar refractivity (Wildman–Crippen MR) is 93.9 cm³/mol. The second-order valence-electron chi connectivity index (χ2n) is 6.01. The number of nitrogens with two attached hydrogens (primary N) is 1. The lowest BCUT2D eigenvalue weighted by Crippen LogP contribution is -2.31. The molecular weight excluding hydrogens is 306 g/mol. The fourth-order valence-electron chi connectivity index (χ4n) is 3.11. The Bertz CT molecular complexity index is 751. The minimum Gasteiger partial charge on any atom is -0.480 e. The van der Waals surface area contributed by atoms with Crippen LogP contribution < -0.4 is 10.6 Å². The van der Waals surface area contributed by atoms with Crippen LogP contribution in [-0.4, -0.2) is 40.3 Å². The van der Waals surface area contributed by atoms with Gasteiger partial charge in [-0.2, -0.15) is 0 Å².